The van der Waals surface area contributed by atoms with Gasteiger partial charge >= 0.3 is 0 Å². The third-order valence-corrected chi connectivity index (χ3v) is 3.98. The first-order valence-electron chi connectivity index (χ1n) is 6.98. The van der Waals surface area contributed by atoms with E-state index in [1.165, 1.54) is 0 Å². The van der Waals surface area contributed by atoms with E-state index in [0.717, 1.165) is 0 Å². The van der Waals surface area contributed by atoms with Gasteiger partial charge in [0.05, 0.1) is 12.8 Å². The molecular formula is C16H15ClN2O3. The topological polar surface area (TPSA) is 71.3 Å². The maximum absolute atomic E-state index is 12.4. The molecule has 0 spiro atoms. The van der Waals surface area contributed by atoms with Crippen molar-refractivity contribution in [2.24, 2.45) is 5.41 Å². The molecule has 2 N–H and O–H groups in total. The molecule has 2 aromatic rings. The van der Waals surface area contributed by atoms with Crippen molar-refractivity contribution in [3.8, 4) is 0 Å². The van der Waals surface area contributed by atoms with Gasteiger partial charge < -0.3 is 15.1 Å². The lowest BCUT2D eigenvalue weighted by Crippen LogP contribution is -2.39. The largest absolute Gasteiger partial charge is 0.467 e. The van der Waals surface area contributed by atoms with Gasteiger partial charge in [-0.1, -0.05) is 11.6 Å². The highest BCUT2D eigenvalue weighted by Gasteiger charge is 2.56. The summed E-state index contributed by atoms with van der Waals surface area (Å²) in [5.41, 5.74) is -0.341. The zero-order valence-electron chi connectivity index (χ0n) is 11.8. The van der Waals surface area contributed by atoms with Gasteiger partial charge in [-0.3, -0.25) is 9.59 Å². The Hall–Kier alpha value is -2.27. The summed E-state index contributed by atoms with van der Waals surface area (Å²) in [6.07, 6.45) is 2.65. The molecule has 2 amide bonds. The van der Waals surface area contributed by atoms with Gasteiger partial charge in [0.2, 0.25) is 11.8 Å². The Morgan fingerprint density at radius 3 is 2.45 bits per heavy atom. The zero-order valence-corrected chi connectivity index (χ0v) is 12.5. The van der Waals surface area contributed by atoms with Crippen LogP contribution in [0.2, 0.25) is 5.02 Å². The van der Waals surface area contributed by atoms with E-state index in [2.05, 4.69) is 10.6 Å². The molecule has 0 atom stereocenters. The molecular weight excluding hydrogens is 304 g/mol. The van der Waals surface area contributed by atoms with Crippen LogP contribution in [0.5, 0.6) is 0 Å². The second-order valence-corrected chi connectivity index (χ2v) is 5.74. The number of nitrogens with one attached hydrogen (secondary N) is 2. The van der Waals surface area contributed by atoms with Crippen molar-refractivity contribution in [3.05, 3.63) is 53.4 Å². The molecule has 1 heterocycles. The lowest BCUT2D eigenvalue weighted by atomic mass is 10.0. The number of amides is 2. The molecule has 22 heavy (non-hydrogen) atoms. The first kappa shape index (κ1) is 14.7. The Morgan fingerprint density at radius 1 is 1.14 bits per heavy atom. The fourth-order valence-corrected chi connectivity index (χ4v) is 2.34. The standard InChI is InChI=1S/C16H15ClN2O3/c17-11-3-5-12(6-4-11)19-15(21)16(7-8-16)14(20)18-10-13-2-1-9-22-13/h1-6,9H,7-8,10H2,(H,18,20)(H,19,21). The van der Waals surface area contributed by atoms with Gasteiger partial charge in [-0.2, -0.15) is 0 Å². The molecule has 0 radical (unpaired) electrons. The van der Waals surface area contributed by atoms with Crippen molar-refractivity contribution < 1.29 is 14.0 Å². The number of hydrogen-bond donors (Lipinski definition) is 2. The van der Waals surface area contributed by atoms with Crippen molar-refractivity contribution in [2.45, 2.75) is 19.4 Å². The number of hydrogen-bond acceptors (Lipinski definition) is 3. The summed E-state index contributed by atoms with van der Waals surface area (Å²) in [6.45, 7) is 0.280. The monoisotopic (exact) mass is 318 g/mol. The quantitative estimate of drug-likeness (QED) is 0.833. The zero-order chi connectivity index (χ0) is 15.6. The Balaban J connectivity index is 1.61. The fraction of sp³-hybridized carbons (Fsp3) is 0.250. The highest BCUT2D eigenvalue weighted by molar-refractivity contribution is 6.30. The molecule has 1 aromatic carbocycles. The Kier molecular flexibility index (Phi) is 3.90. The summed E-state index contributed by atoms with van der Waals surface area (Å²) >= 11 is 5.81. The normalized spacial score (nSPS) is 15.1. The van der Waals surface area contributed by atoms with Crippen molar-refractivity contribution in [1.29, 1.82) is 0 Å². The molecule has 6 heteroatoms. The first-order valence-corrected chi connectivity index (χ1v) is 7.36. The summed E-state index contributed by atoms with van der Waals surface area (Å²) in [5.74, 6) is 0.101. The number of benzene rings is 1. The van der Waals surface area contributed by atoms with Gasteiger partial charge in [0, 0.05) is 10.7 Å². The summed E-state index contributed by atoms with van der Waals surface area (Å²) in [6, 6.07) is 10.3. The molecule has 5 nitrogen and oxygen atoms in total. The van der Waals surface area contributed by atoms with Gasteiger partial charge in [0.1, 0.15) is 11.2 Å². The Morgan fingerprint density at radius 2 is 1.86 bits per heavy atom. The molecule has 1 fully saturated rings. The van der Waals surface area contributed by atoms with Gasteiger partial charge in [0.15, 0.2) is 0 Å². The predicted molar refractivity (Wildman–Crippen MR) is 82.3 cm³/mol. The molecule has 1 saturated carbocycles. The van der Waals surface area contributed by atoms with Gasteiger partial charge in [0.25, 0.3) is 0 Å². The van der Waals surface area contributed by atoms with Crippen molar-refractivity contribution in [1.82, 2.24) is 5.32 Å². The molecule has 1 aromatic heterocycles. The van der Waals surface area contributed by atoms with Crippen molar-refractivity contribution in [3.63, 3.8) is 0 Å². The molecule has 0 unspecified atom stereocenters. The van der Waals surface area contributed by atoms with Crippen LogP contribution < -0.4 is 10.6 Å². The molecule has 3 rings (SSSR count). The fourth-order valence-electron chi connectivity index (χ4n) is 2.22. The maximum Gasteiger partial charge on any atom is 0.240 e. The second kappa shape index (κ2) is 5.85. The van der Waals surface area contributed by atoms with Crippen LogP contribution in [0.4, 0.5) is 5.69 Å². The van der Waals surface area contributed by atoms with Crippen LogP contribution in [0, 0.1) is 5.41 Å². The van der Waals surface area contributed by atoms with Crippen LogP contribution in [0.1, 0.15) is 18.6 Å². The van der Waals surface area contributed by atoms with Gasteiger partial charge in [-0.25, -0.2) is 0 Å². The van der Waals surface area contributed by atoms with E-state index in [1.807, 2.05) is 0 Å². The number of rotatable bonds is 5. The molecule has 0 saturated heterocycles. The smallest absolute Gasteiger partial charge is 0.240 e. The minimum Gasteiger partial charge on any atom is -0.467 e. The molecule has 114 valence electrons. The maximum atomic E-state index is 12.4. The van der Waals surface area contributed by atoms with Crippen molar-refractivity contribution >= 4 is 29.1 Å². The van der Waals surface area contributed by atoms with E-state index in [4.69, 9.17) is 16.0 Å². The number of halogens is 1. The average molecular weight is 319 g/mol. The van der Waals surface area contributed by atoms with E-state index >= 15 is 0 Å². The van der Waals surface area contributed by atoms with Gasteiger partial charge in [-0.05, 0) is 49.2 Å². The third kappa shape index (κ3) is 2.99. The Bertz CT molecular complexity index is 676. The first-order chi connectivity index (χ1) is 10.6. The van der Waals surface area contributed by atoms with Crippen LogP contribution in [0.15, 0.2) is 47.1 Å². The molecule has 0 bridgehead atoms. The highest BCUT2D eigenvalue weighted by atomic mass is 35.5. The predicted octanol–water partition coefficient (Wildman–Crippen LogP) is 2.97. The SMILES string of the molecule is O=C(NCc1ccco1)C1(C(=O)Nc2ccc(Cl)cc2)CC1. The number of carbonyl (C=O) groups is 2. The van der Waals surface area contributed by atoms with Crippen LogP contribution >= 0.6 is 11.6 Å². The summed E-state index contributed by atoms with van der Waals surface area (Å²) < 4.78 is 5.16. The molecule has 1 aliphatic carbocycles. The molecule has 0 aliphatic heterocycles. The number of carbonyl (C=O) groups excluding carboxylic acids is 2. The Labute approximate surface area is 132 Å². The minimum absolute atomic E-state index is 0.268. The van der Waals surface area contributed by atoms with E-state index in [-0.39, 0.29) is 18.4 Å². The second-order valence-electron chi connectivity index (χ2n) is 5.31. The van der Waals surface area contributed by atoms with Crippen LogP contribution in [0.3, 0.4) is 0 Å². The van der Waals surface area contributed by atoms with E-state index in [9.17, 15) is 9.59 Å². The summed E-state index contributed by atoms with van der Waals surface area (Å²) in [7, 11) is 0. The van der Waals surface area contributed by atoms with Gasteiger partial charge in [-0.15, -0.1) is 0 Å². The number of anilines is 1. The lowest BCUT2D eigenvalue weighted by molar-refractivity contribution is -0.134. The van der Waals surface area contributed by atoms with Crippen LogP contribution in [-0.4, -0.2) is 11.8 Å². The summed E-state index contributed by atoms with van der Waals surface area (Å²) in [5, 5.41) is 6.11. The summed E-state index contributed by atoms with van der Waals surface area (Å²) in [4.78, 5) is 24.6. The lowest BCUT2D eigenvalue weighted by Gasteiger charge is -2.15. The van der Waals surface area contributed by atoms with E-state index < -0.39 is 5.41 Å². The highest BCUT2D eigenvalue weighted by Crippen LogP contribution is 2.46. The van der Waals surface area contributed by atoms with Crippen LogP contribution in [-0.2, 0) is 16.1 Å². The number of furan rings is 1. The minimum atomic E-state index is -0.966. The third-order valence-electron chi connectivity index (χ3n) is 3.72. The molecule has 1 aliphatic rings. The van der Waals surface area contributed by atoms with E-state index in [1.54, 1.807) is 42.7 Å². The van der Waals surface area contributed by atoms with Crippen LogP contribution in [0.25, 0.3) is 0 Å². The van der Waals surface area contributed by atoms with Crippen molar-refractivity contribution in [2.75, 3.05) is 5.32 Å². The average Bonchev–Trinajstić information content (AvgIpc) is 3.17. The van der Waals surface area contributed by atoms with E-state index in [0.29, 0.717) is 29.3 Å².